The van der Waals surface area contributed by atoms with Crippen molar-refractivity contribution in [1.82, 2.24) is 4.90 Å². The van der Waals surface area contributed by atoms with Crippen LogP contribution in [0.2, 0.25) is 0 Å². The van der Waals surface area contributed by atoms with Crippen molar-refractivity contribution in [2.24, 2.45) is 5.73 Å². The van der Waals surface area contributed by atoms with Gasteiger partial charge in [-0.2, -0.15) is 0 Å². The van der Waals surface area contributed by atoms with Crippen LogP contribution >= 0.6 is 0 Å². The molecule has 0 aromatic heterocycles. The lowest BCUT2D eigenvalue weighted by atomic mass is 10.1. The summed E-state index contributed by atoms with van der Waals surface area (Å²) in [5.74, 6) is 0.332. The summed E-state index contributed by atoms with van der Waals surface area (Å²) in [4.78, 5) is 16.1. The SMILES string of the molecule is CCCC(N)C(=O)N1CCN(c2ccccc2O)CC1. The highest BCUT2D eigenvalue weighted by Gasteiger charge is 2.25. The van der Waals surface area contributed by atoms with Crippen LogP contribution in [0, 0.1) is 0 Å². The van der Waals surface area contributed by atoms with Crippen LogP contribution in [0.4, 0.5) is 5.69 Å². The molecule has 1 aliphatic heterocycles. The molecule has 1 aromatic carbocycles. The first-order valence-electron chi connectivity index (χ1n) is 7.20. The number of phenolic OH excluding ortho intramolecular Hbond substituents is 1. The van der Waals surface area contributed by atoms with E-state index in [9.17, 15) is 9.90 Å². The molecule has 5 nitrogen and oxygen atoms in total. The summed E-state index contributed by atoms with van der Waals surface area (Å²) in [6.07, 6.45) is 1.66. The largest absolute Gasteiger partial charge is 0.506 e. The zero-order chi connectivity index (χ0) is 14.5. The van der Waals surface area contributed by atoms with Crippen molar-refractivity contribution in [3.05, 3.63) is 24.3 Å². The van der Waals surface area contributed by atoms with E-state index in [1.807, 2.05) is 30.0 Å². The number of carbonyl (C=O) groups excluding carboxylic acids is 1. The van der Waals surface area contributed by atoms with Crippen molar-refractivity contribution < 1.29 is 9.90 Å². The van der Waals surface area contributed by atoms with E-state index in [2.05, 4.69) is 4.90 Å². The maximum absolute atomic E-state index is 12.1. The highest BCUT2D eigenvalue weighted by atomic mass is 16.3. The number of para-hydroxylation sites is 2. The monoisotopic (exact) mass is 277 g/mol. The van der Waals surface area contributed by atoms with Crippen LogP contribution < -0.4 is 10.6 Å². The summed E-state index contributed by atoms with van der Waals surface area (Å²) >= 11 is 0. The molecule has 1 heterocycles. The van der Waals surface area contributed by atoms with E-state index in [0.29, 0.717) is 13.1 Å². The molecular formula is C15H23N3O2. The van der Waals surface area contributed by atoms with Crippen molar-refractivity contribution in [1.29, 1.82) is 0 Å². The van der Waals surface area contributed by atoms with Crippen molar-refractivity contribution in [3.8, 4) is 5.75 Å². The molecule has 1 aliphatic rings. The summed E-state index contributed by atoms with van der Waals surface area (Å²) in [6, 6.07) is 6.92. The Morgan fingerprint density at radius 2 is 1.95 bits per heavy atom. The lowest BCUT2D eigenvalue weighted by Gasteiger charge is -2.37. The second kappa shape index (κ2) is 6.61. The molecule has 0 spiro atoms. The number of hydrogen-bond donors (Lipinski definition) is 2. The molecule has 1 saturated heterocycles. The highest BCUT2D eigenvalue weighted by molar-refractivity contribution is 5.82. The van der Waals surface area contributed by atoms with Gasteiger partial charge >= 0.3 is 0 Å². The summed E-state index contributed by atoms with van der Waals surface area (Å²) in [7, 11) is 0. The fourth-order valence-corrected chi connectivity index (χ4v) is 2.57. The summed E-state index contributed by atoms with van der Waals surface area (Å²) in [5, 5.41) is 9.85. The normalized spacial score (nSPS) is 17.1. The van der Waals surface area contributed by atoms with Gasteiger partial charge in [0.15, 0.2) is 0 Å². The van der Waals surface area contributed by atoms with E-state index in [1.165, 1.54) is 0 Å². The van der Waals surface area contributed by atoms with E-state index in [4.69, 9.17) is 5.73 Å². The summed E-state index contributed by atoms with van der Waals surface area (Å²) in [6.45, 7) is 4.79. The Morgan fingerprint density at radius 3 is 2.55 bits per heavy atom. The molecule has 1 fully saturated rings. The van der Waals surface area contributed by atoms with E-state index in [-0.39, 0.29) is 17.7 Å². The van der Waals surface area contributed by atoms with E-state index < -0.39 is 0 Å². The molecule has 3 N–H and O–H groups in total. The average molecular weight is 277 g/mol. The fourth-order valence-electron chi connectivity index (χ4n) is 2.57. The zero-order valence-corrected chi connectivity index (χ0v) is 12.0. The van der Waals surface area contributed by atoms with Gasteiger partial charge in [-0.25, -0.2) is 0 Å². The summed E-state index contributed by atoms with van der Waals surface area (Å²) in [5.41, 5.74) is 6.71. The van der Waals surface area contributed by atoms with Crippen LogP contribution in [0.15, 0.2) is 24.3 Å². The van der Waals surface area contributed by atoms with Gasteiger partial charge in [-0.05, 0) is 18.6 Å². The van der Waals surface area contributed by atoms with Crippen molar-refractivity contribution in [2.75, 3.05) is 31.1 Å². The molecule has 5 heteroatoms. The van der Waals surface area contributed by atoms with Gasteiger partial charge in [0.05, 0.1) is 11.7 Å². The third kappa shape index (κ3) is 3.22. The number of carbonyl (C=O) groups is 1. The molecule has 2 rings (SSSR count). The van der Waals surface area contributed by atoms with E-state index >= 15 is 0 Å². The molecule has 0 bridgehead atoms. The first kappa shape index (κ1) is 14.7. The Hall–Kier alpha value is -1.75. The minimum atomic E-state index is -0.378. The molecule has 20 heavy (non-hydrogen) atoms. The molecule has 0 radical (unpaired) electrons. The number of piperazine rings is 1. The molecule has 1 atom stereocenters. The molecule has 1 aromatic rings. The molecule has 1 unspecified atom stereocenters. The van der Waals surface area contributed by atoms with Gasteiger partial charge < -0.3 is 20.6 Å². The van der Waals surface area contributed by atoms with Crippen LogP contribution in [-0.2, 0) is 4.79 Å². The number of nitrogens with zero attached hydrogens (tertiary/aromatic N) is 2. The molecule has 0 aliphatic carbocycles. The molecule has 0 saturated carbocycles. The predicted molar refractivity (Wildman–Crippen MR) is 79.8 cm³/mol. The van der Waals surface area contributed by atoms with Crippen LogP contribution in [-0.4, -0.2) is 48.1 Å². The Balaban J connectivity index is 1.93. The number of aromatic hydroxyl groups is 1. The summed E-state index contributed by atoms with van der Waals surface area (Å²) < 4.78 is 0. The van der Waals surface area contributed by atoms with Gasteiger partial charge in [0, 0.05) is 26.2 Å². The third-order valence-electron chi connectivity index (χ3n) is 3.73. The number of nitrogens with two attached hydrogens (primary N) is 1. The third-order valence-corrected chi connectivity index (χ3v) is 3.73. The van der Waals surface area contributed by atoms with E-state index in [1.54, 1.807) is 6.07 Å². The predicted octanol–water partition coefficient (Wildman–Crippen LogP) is 1.17. The topological polar surface area (TPSA) is 69.8 Å². The minimum absolute atomic E-state index is 0.0452. The fraction of sp³-hybridized carbons (Fsp3) is 0.533. The molecular weight excluding hydrogens is 254 g/mol. The van der Waals surface area contributed by atoms with Gasteiger partial charge in [0.25, 0.3) is 0 Å². The van der Waals surface area contributed by atoms with Crippen molar-refractivity contribution >= 4 is 11.6 Å². The molecule has 1 amide bonds. The van der Waals surface area contributed by atoms with Gasteiger partial charge in [-0.3, -0.25) is 4.79 Å². The van der Waals surface area contributed by atoms with E-state index in [0.717, 1.165) is 31.6 Å². The Labute approximate surface area is 120 Å². The number of benzene rings is 1. The smallest absolute Gasteiger partial charge is 0.239 e. The average Bonchev–Trinajstić information content (AvgIpc) is 2.47. The van der Waals surface area contributed by atoms with Gasteiger partial charge in [-0.1, -0.05) is 25.5 Å². The lowest BCUT2D eigenvalue weighted by Crippen LogP contribution is -2.53. The van der Waals surface area contributed by atoms with Crippen molar-refractivity contribution in [2.45, 2.75) is 25.8 Å². The number of hydrogen-bond acceptors (Lipinski definition) is 4. The Morgan fingerprint density at radius 1 is 1.30 bits per heavy atom. The first-order chi connectivity index (χ1) is 9.63. The zero-order valence-electron chi connectivity index (χ0n) is 12.0. The maximum atomic E-state index is 12.1. The van der Waals surface area contributed by atoms with Gasteiger partial charge in [-0.15, -0.1) is 0 Å². The quantitative estimate of drug-likeness (QED) is 0.866. The Bertz CT molecular complexity index is 456. The van der Waals surface area contributed by atoms with Gasteiger partial charge in [0.2, 0.25) is 5.91 Å². The highest BCUT2D eigenvalue weighted by Crippen LogP contribution is 2.27. The van der Waals surface area contributed by atoms with Crippen molar-refractivity contribution in [3.63, 3.8) is 0 Å². The minimum Gasteiger partial charge on any atom is -0.506 e. The maximum Gasteiger partial charge on any atom is 0.239 e. The Kier molecular flexibility index (Phi) is 4.84. The number of rotatable bonds is 4. The second-order valence-electron chi connectivity index (χ2n) is 5.20. The number of phenols is 1. The number of amides is 1. The lowest BCUT2D eigenvalue weighted by molar-refractivity contribution is -0.133. The van der Waals surface area contributed by atoms with Crippen LogP contribution in [0.3, 0.4) is 0 Å². The van der Waals surface area contributed by atoms with Crippen LogP contribution in [0.1, 0.15) is 19.8 Å². The first-order valence-corrected chi connectivity index (χ1v) is 7.20. The standard InChI is InChI=1S/C15H23N3O2/c1-2-5-12(16)15(20)18-10-8-17(9-11-18)13-6-3-4-7-14(13)19/h3-4,6-7,12,19H,2,5,8-11,16H2,1H3. The second-order valence-corrected chi connectivity index (χ2v) is 5.20. The van der Waals surface area contributed by atoms with Crippen LogP contribution in [0.25, 0.3) is 0 Å². The van der Waals surface area contributed by atoms with Crippen LogP contribution in [0.5, 0.6) is 5.75 Å². The van der Waals surface area contributed by atoms with Gasteiger partial charge in [0.1, 0.15) is 5.75 Å². The number of anilines is 1. The molecule has 110 valence electrons.